The number of anilines is 1. The van der Waals surface area contributed by atoms with Gasteiger partial charge >= 0.3 is 0 Å². The Balaban J connectivity index is 1.72. The van der Waals surface area contributed by atoms with Crippen LogP contribution in [-0.2, 0) is 0 Å². The number of non-ortho nitro benzene ring substituents is 1. The number of aryl methyl sites for hydroxylation is 3. The van der Waals surface area contributed by atoms with Crippen LogP contribution in [0.2, 0.25) is 0 Å². The van der Waals surface area contributed by atoms with Gasteiger partial charge in [-0.2, -0.15) is 0 Å². The molecule has 1 fully saturated rings. The molecule has 0 spiro atoms. The lowest BCUT2D eigenvalue weighted by atomic mass is 9.96. The summed E-state index contributed by atoms with van der Waals surface area (Å²) in [6.07, 6.45) is 1.79. The summed E-state index contributed by atoms with van der Waals surface area (Å²) < 4.78 is 7.62. The van der Waals surface area contributed by atoms with Gasteiger partial charge in [0.05, 0.1) is 35.5 Å². The number of nitro benzene ring substituents is 1. The Labute approximate surface area is 227 Å². The lowest BCUT2D eigenvalue weighted by Gasteiger charge is -2.29. The second kappa shape index (κ2) is 9.90. The highest BCUT2D eigenvalue weighted by atomic mass is 32.1. The smallest absolute Gasteiger partial charge is 0.271 e. The van der Waals surface area contributed by atoms with E-state index in [0.717, 1.165) is 39.5 Å². The Morgan fingerprint density at radius 1 is 1.03 bits per heavy atom. The van der Waals surface area contributed by atoms with E-state index >= 15 is 0 Å². The molecule has 0 unspecified atom stereocenters. The third-order valence-corrected chi connectivity index (χ3v) is 7.30. The zero-order valence-electron chi connectivity index (χ0n) is 21.9. The average molecular weight is 528 g/mol. The predicted molar refractivity (Wildman–Crippen MR) is 152 cm³/mol. The van der Waals surface area contributed by atoms with E-state index in [1.165, 1.54) is 6.07 Å². The van der Waals surface area contributed by atoms with Crippen molar-refractivity contribution in [2.24, 2.45) is 0 Å². The number of ether oxygens (including phenoxy) is 1. The van der Waals surface area contributed by atoms with Gasteiger partial charge in [-0.15, -0.1) is 0 Å². The molecule has 5 rings (SSSR count). The predicted octanol–water partition coefficient (Wildman–Crippen LogP) is 6.20. The van der Waals surface area contributed by atoms with Gasteiger partial charge in [0.1, 0.15) is 5.75 Å². The Morgan fingerprint density at radius 3 is 2.39 bits per heavy atom. The van der Waals surface area contributed by atoms with Crippen LogP contribution in [-0.4, -0.2) is 26.7 Å². The minimum atomic E-state index is -0.393. The van der Waals surface area contributed by atoms with E-state index in [9.17, 15) is 10.1 Å². The second-order valence-electron chi connectivity index (χ2n) is 9.62. The second-order valence-corrected chi connectivity index (χ2v) is 10.0. The van der Waals surface area contributed by atoms with Crippen molar-refractivity contribution in [3.63, 3.8) is 0 Å². The summed E-state index contributed by atoms with van der Waals surface area (Å²) in [5, 5.41) is 15.7. The van der Waals surface area contributed by atoms with Crippen LogP contribution in [0.4, 0.5) is 11.4 Å². The Bertz CT molecular complexity index is 1530. The van der Waals surface area contributed by atoms with Gasteiger partial charge in [-0.1, -0.05) is 12.1 Å². The van der Waals surface area contributed by atoms with Crippen LogP contribution in [0.15, 0.2) is 66.9 Å². The SMILES string of the molecule is COc1ccc([N+](=O)[O-])cc1-n1c(C)cc([C@H]2[C@@H](c3ccccn3)NC(=S)N2c2cc(C)cc(C)c2)c1C. The summed E-state index contributed by atoms with van der Waals surface area (Å²) in [5.41, 5.74) is 7.70. The number of methoxy groups -OCH3 is 1. The minimum Gasteiger partial charge on any atom is -0.495 e. The van der Waals surface area contributed by atoms with E-state index in [1.807, 2.05) is 36.6 Å². The van der Waals surface area contributed by atoms with Crippen LogP contribution in [0.1, 0.15) is 45.9 Å². The molecular formula is C29H29N5O3S. The molecule has 1 aliphatic rings. The maximum Gasteiger partial charge on any atom is 0.271 e. The van der Waals surface area contributed by atoms with Gasteiger partial charge in [0.2, 0.25) is 0 Å². The first-order chi connectivity index (χ1) is 18.2. The first-order valence-corrected chi connectivity index (χ1v) is 12.7. The van der Waals surface area contributed by atoms with Crippen LogP contribution in [0.3, 0.4) is 0 Å². The maximum atomic E-state index is 11.6. The number of nitrogens with one attached hydrogen (secondary N) is 1. The number of benzene rings is 2. The van der Waals surface area contributed by atoms with Crippen LogP contribution in [0, 0.1) is 37.8 Å². The van der Waals surface area contributed by atoms with Crippen molar-refractivity contribution in [2.45, 2.75) is 39.8 Å². The fraction of sp³-hybridized carbons (Fsp3) is 0.241. The highest BCUT2D eigenvalue weighted by molar-refractivity contribution is 7.80. The van der Waals surface area contributed by atoms with Gasteiger partial charge in [0.15, 0.2) is 5.11 Å². The summed E-state index contributed by atoms with van der Waals surface area (Å²) in [6.45, 7) is 8.17. The summed E-state index contributed by atoms with van der Waals surface area (Å²) in [6, 6.07) is 18.6. The van der Waals surface area contributed by atoms with Gasteiger partial charge in [-0.05, 0) is 93.0 Å². The Hall–Kier alpha value is -4.24. The molecule has 2 atom stereocenters. The van der Waals surface area contributed by atoms with E-state index < -0.39 is 4.92 Å². The fourth-order valence-corrected chi connectivity index (χ4v) is 5.81. The van der Waals surface area contributed by atoms with E-state index in [0.29, 0.717) is 16.5 Å². The third kappa shape index (κ3) is 4.39. The first-order valence-electron chi connectivity index (χ1n) is 12.3. The molecule has 38 heavy (non-hydrogen) atoms. The van der Waals surface area contributed by atoms with E-state index in [1.54, 1.807) is 25.4 Å². The summed E-state index contributed by atoms with van der Waals surface area (Å²) in [4.78, 5) is 18.0. The summed E-state index contributed by atoms with van der Waals surface area (Å²) >= 11 is 5.91. The Morgan fingerprint density at radius 2 is 1.76 bits per heavy atom. The van der Waals surface area contributed by atoms with Crippen molar-refractivity contribution in [3.8, 4) is 11.4 Å². The largest absolute Gasteiger partial charge is 0.495 e. The van der Waals surface area contributed by atoms with Crippen LogP contribution in [0.25, 0.3) is 5.69 Å². The molecule has 1 saturated heterocycles. The van der Waals surface area contributed by atoms with Crippen molar-refractivity contribution in [2.75, 3.05) is 12.0 Å². The molecule has 2 aromatic carbocycles. The van der Waals surface area contributed by atoms with Crippen molar-refractivity contribution in [3.05, 3.63) is 111 Å². The lowest BCUT2D eigenvalue weighted by molar-refractivity contribution is -0.384. The van der Waals surface area contributed by atoms with Crippen molar-refractivity contribution >= 4 is 28.7 Å². The molecule has 4 aromatic rings. The normalized spacial score (nSPS) is 17.0. The quantitative estimate of drug-likeness (QED) is 0.182. The number of hydrogen-bond donors (Lipinski definition) is 1. The van der Waals surface area contributed by atoms with Gasteiger partial charge < -0.3 is 19.5 Å². The van der Waals surface area contributed by atoms with Crippen LogP contribution >= 0.6 is 12.2 Å². The molecule has 0 bridgehead atoms. The molecule has 1 N–H and O–H groups in total. The Kier molecular flexibility index (Phi) is 6.62. The highest BCUT2D eigenvalue weighted by Crippen LogP contribution is 2.44. The number of hydrogen-bond acceptors (Lipinski definition) is 5. The molecule has 194 valence electrons. The van der Waals surface area contributed by atoms with Gasteiger partial charge in [0.25, 0.3) is 5.69 Å². The average Bonchev–Trinajstić information content (AvgIpc) is 3.38. The molecule has 0 aliphatic carbocycles. The number of aromatic nitrogens is 2. The lowest BCUT2D eigenvalue weighted by Crippen LogP contribution is -2.29. The van der Waals surface area contributed by atoms with Gasteiger partial charge in [-0.3, -0.25) is 15.1 Å². The number of pyridine rings is 1. The van der Waals surface area contributed by atoms with Gasteiger partial charge in [0, 0.05) is 35.4 Å². The minimum absolute atomic E-state index is 0.00165. The van der Waals surface area contributed by atoms with Crippen LogP contribution in [0.5, 0.6) is 5.75 Å². The number of thiocarbonyl (C=S) groups is 1. The molecule has 0 saturated carbocycles. The maximum absolute atomic E-state index is 11.6. The number of rotatable bonds is 6. The van der Waals surface area contributed by atoms with Gasteiger partial charge in [-0.25, -0.2) is 0 Å². The molecule has 3 heterocycles. The zero-order chi connectivity index (χ0) is 27.1. The van der Waals surface area contributed by atoms with Crippen molar-refractivity contribution < 1.29 is 9.66 Å². The summed E-state index contributed by atoms with van der Waals surface area (Å²) in [5.74, 6) is 0.552. The molecule has 2 aromatic heterocycles. The standard InChI is InChI=1S/C29H29N5O3S/c1-17-12-18(2)14-22(13-17)33-28(27(31-29(33)38)24-8-6-7-11-30-24)23-15-19(3)32(20(23)4)25-16-21(34(35)36)9-10-26(25)37-5/h6-16,27-28H,1-5H3,(H,31,38)/t27-,28+/m1/s1. The van der Waals surface area contributed by atoms with Crippen molar-refractivity contribution in [1.29, 1.82) is 0 Å². The number of nitro groups is 1. The molecule has 0 amide bonds. The third-order valence-electron chi connectivity index (χ3n) is 6.99. The monoisotopic (exact) mass is 527 g/mol. The molecule has 0 radical (unpaired) electrons. The molecule has 9 heteroatoms. The van der Waals surface area contributed by atoms with Crippen LogP contribution < -0.4 is 15.0 Å². The topological polar surface area (TPSA) is 85.5 Å². The fourth-order valence-electron chi connectivity index (χ4n) is 5.46. The van der Waals surface area contributed by atoms with E-state index in [2.05, 4.69) is 53.3 Å². The van der Waals surface area contributed by atoms with E-state index in [4.69, 9.17) is 17.0 Å². The summed E-state index contributed by atoms with van der Waals surface area (Å²) in [7, 11) is 1.57. The molecule has 8 nitrogen and oxygen atoms in total. The molecular weight excluding hydrogens is 498 g/mol. The van der Waals surface area contributed by atoms with E-state index in [-0.39, 0.29) is 17.8 Å². The zero-order valence-corrected chi connectivity index (χ0v) is 22.7. The highest BCUT2D eigenvalue weighted by Gasteiger charge is 2.42. The molecule has 1 aliphatic heterocycles. The first kappa shape index (κ1) is 25.4. The number of nitrogens with zero attached hydrogens (tertiary/aromatic N) is 4. The van der Waals surface area contributed by atoms with Crippen molar-refractivity contribution in [1.82, 2.24) is 14.9 Å².